The predicted molar refractivity (Wildman–Crippen MR) is 130 cm³/mol. The number of carbonyl (C=O) groups excluding carboxylic acids is 2. The van der Waals surface area contributed by atoms with Crippen LogP contribution in [0.25, 0.3) is 5.57 Å². The molecule has 1 aliphatic rings. The second-order valence-corrected chi connectivity index (χ2v) is 8.15. The molecule has 168 valence electrons. The minimum atomic E-state index is -0.459. The van der Waals surface area contributed by atoms with E-state index in [4.69, 9.17) is 21.1 Å². The molecular formula is C26H23ClN2O4. The molecule has 1 aliphatic heterocycles. The van der Waals surface area contributed by atoms with E-state index in [1.54, 1.807) is 56.7 Å². The van der Waals surface area contributed by atoms with E-state index in [0.717, 1.165) is 16.0 Å². The predicted octanol–water partition coefficient (Wildman–Crippen LogP) is 5.37. The van der Waals surface area contributed by atoms with Crippen LogP contribution in [-0.2, 0) is 9.59 Å². The fraction of sp³-hybridized carbons (Fsp3) is 0.154. The maximum absolute atomic E-state index is 13.6. The average molecular weight is 463 g/mol. The van der Waals surface area contributed by atoms with E-state index < -0.39 is 11.8 Å². The Hall–Kier alpha value is -3.77. The average Bonchev–Trinajstić information content (AvgIpc) is 3.03. The summed E-state index contributed by atoms with van der Waals surface area (Å²) >= 11 is 6.01. The van der Waals surface area contributed by atoms with Crippen LogP contribution < -0.4 is 19.7 Å². The number of halogens is 1. The number of anilines is 2. The Labute approximate surface area is 197 Å². The number of rotatable bonds is 6. The molecule has 1 N–H and O–H groups in total. The summed E-state index contributed by atoms with van der Waals surface area (Å²) in [6.45, 7) is 3.90. The van der Waals surface area contributed by atoms with Crippen LogP contribution in [0.4, 0.5) is 11.4 Å². The van der Waals surface area contributed by atoms with Crippen LogP contribution in [0.2, 0.25) is 5.02 Å². The zero-order chi connectivity index (χ0) is 23.7. The van der Waals surface area contributed by atoms with Crippen molar-refractivity contribution in [3.05, 3.63) is 88.1 Å². The number of hydrogen-bond acceptors (Lipinski definition) is 5. The topological polar surface area (TPSA) is 67.9 Å². The van der Waals surface area contributed by atoms with Crippen molar-refractivity contribution in [2.45, 2.75) is 13.8 Å². The summed E-state index contributed by atoms with van der Waals surface area (Å²) in [4.78, 5) is 28.3. The molecule has 0 spiro atoms. The first-order chi connectivity index (χ1) is 15.8. The number of nitrogens with zero attached hydrogens (tertiary/aromatic N) is 1. The molecule has 0 aliphatic carbocycles. The van der Waals surface area contributed by atoms with Crippen molar-refractivity contribution in [1.82, 2.24) is 0 Å². The van der Waals surface area contributed by atoms with Gasteiger partial charge in [0.2, 0.25) is 0 Å². The van der Waals surface area contributed by atoms with Crippen LogP contribution in [0.15, 0.2) is 66.4 Å². The molecule has 0 bridgehead atoms. The maximum Gasteiger partial charge on any atom is 0.282 e. The first-order valence-corrected chi connectivity index (χ1v) is 10.7. The third-order valence-corrected chi connectivity index (χ3v) is 5.69. The van der Waals surface area contributed by atoms with Gasteiger partial charge in [-0.15, -0.1) is 0 Å². The smallest absolute Gasteiger partial charge is 0.282 e. The fourth-order valence-corrected chi connectivity index (χ4v) is 3.96. The Morgan fingerprint density at radius 3 is 2.03 bits per heavy atom. The van der Waals surface area contributed by atoms with Gasteiger partial charge in [-0.1, -0.05) is 35.4 Å². The molecule has 0 aromatic heterocycles. The highest BCUT2D eigenvalue weighted by molar-refractivity contribution is 6.46. The van der Waals surface area contributed by atoms with Crippen molar-refractivity contribution in [2.24, 2.45) is 0 Å². The van der Waals surface area contributed by atoms with Crippen molar-refractivity contribution in [2.75, 3.05) is 24.4 Å². The third-order valence-electron chi connectivity index (χ3n) is 5.44. The summed E-state index contributed by atoms with van der Waals surface area (Å²) in [7, 11) is 3.09. The molecule has 0 unspecified atom stereocenters. The van der Waals surface area contributed by atoms with E-state index in [9.17, 15) is 9.59 Å². The minimum absolute atomic E-state index is 0.178. The molecule has 7 heteroatoms. The number of methoxy groups -OCH3 is 2. The van der Waals surface area contributed by atoms with Gasteiger partial charge in [-0.3, -0.25) is 9.59 Å². The lowest BCUT2D eigenvalue weighted by atomic mass is 9.97. The number of benzene rings is 3. The lowest BCUT2D eigenvalue weighted by Crippen LogP contribution is -2.32. The first kappa shape index (κ1) is 22.4. The third kappa shape index (κ3) is 4.30. The van der Waals surface area contributed by atoms with E-state index in [1.165, 1.54) is 0 Å². The second kappa shape index (κ2) is 9.00. The molecule has 0 saturated carbocycles. The van der Waals surface area contributed by atoms with Crippen LogP contribution in [0, 0.1) is 13.8 Å². The first-order valence-electron chi connectivity index (χ1n) is 10.3. The van der Waals surface area contributed by atoms with E-state index >= 15 is 0 Å². The monoisotopic (exact) mass is 462 g/mol. The van der Waals surface area contributed by atoms with E-state index in [-0.39, 0.29) is 5.70 Å². The van der Waals surface area contributed by atoms with Gasteiger partial charge in [0.15, 0.2) is 0 Å². The number of aryl methyl sites for hydroxylation is 2. The van der Waals surface area contributed by atoms with Crippen LogP contribution in [0.5, 0.6) is 11.5 Å². The highest BCUT2D eigenvalue weighted by Gasteiger charge is 2.40. The van der Waals surface area contributed by atoms with Crippen LogP contribution in [0.1, 0.15) is 16.7 Å². The molecule has 2 amide bonds. The van der Waals surface area contributed by atoms with Crippen LogP contribution in [0.3, 0.4) is 0 Å². The SMILES string of the molecule is COc1cc(NC2=C(c3ccc(C)cc3C)C(=O)N(c3ccc(Cl)cc3)C2=O)cc(OC)c1. The summed E-state index contributed by atoms with van der Waals surface area (Å²) in [6, 6.07) is 17.6. The zero-order valence-corrected chi connectivity index (χ0v) is 19.5. The standard InChI is InChI=1S/C26H23ClN2O4/c1-15-5-10-22(16(2)11-15)23-24(28-18-12-20(32-3)14-21(13-18)33-4)26(31)29(25(23)30)19-8-6-17(27)7-9-19/h5-14,28H,1-4H3. The van der Waals surface area contributed by atoms with Crippen molar-refractivity contribution < 1.29 is 19.1 Å². The molecule has 4 rings (SSSR count). The van der Waals surface area contributed by atoms with Gasteiger partial charge in [0.25, 0.3) is 11.8 Å². The number of nitrogens with one attached hydrogen (secondary N) is 1. The lowest BCUT2D eigenvalue weighted by Gasteiger charge is -2.16. The van der Waals surface area contributed by atoms with Gasteiger partial charge in [-0.05, 0) is 49.2 Å². The summed E-state index contributed by atoms with van der Waals surface area (Å²) in [6.07, 6.45) is 0. The summed E-state index contributed by atoms with van der Waals surface area (Å²) in [5.74, 6) is 0.236. The van der Waals surface area contributed by atoms with Gasteiger partial charge in [-0.25, -0.2) is 4.90 Å². The Bertz CT molecular complexity index is 1260. The molecule has 0 saturated heterocycles. The number of imide groups is 1. The Kier molecular flexibility index (Phi) is 6.11. The molecule has 6 nitrogen and oxygen atoms in total. The van der Waals surface area contributed by atoms with Gasteiger partial charge in [0, 0.05) is 28.9 Å². The normalized spacial score (nSPS) is 13.5. The summed E-state index contributed by atoms with van der Waals surface area (Å²) < 4.78 is 10.7. The largest absolute Gasteiger partial charge is 0.497 e. The molecular weight excluding hydrogens is 440 g/mol. The Morgan fingerprint density at radius 2 is 1.45 bits per heavy atom. The quantitative estimate of drug-likeness (QED) is 0.499. The fourth-order valence-electron chi connectivity index (χ4n) is 3.84. The molecule has 0 radical (unpaired) electrons. The number of carbonyl (C=O) groups is 2. The van der Waals surface area contributed by atoms with Crippen molar-refractivity contribution in [3.63, 3.8) is 0 Å². The molecule has 3 aromatic rings. The Morgan fingerprint density at radius 1 is 0.818 bits per heavy atom. The van der Waals surface area contributed by atoms with Gasteiger partial charge >= 0.3 is 0 Å². The van der Waals surface area contributed by atoms with E-state index in [1.807, 2.05) is 32.0 Å². The number of amides is 2. The van der Waals surface area contributed by atoms with E-state index in [0.29, 0.717) is 39.0 Å². The zero-order valence-electron chi connectivity index (χ0n) is 18.7. The van der Waals surface area contributed by atoms with Gasteiger partial charge < -0.3 is 14.8 Å². The van der Waals surface area contributed by atoms with Crippen molar-refractivity contribution >= 4 is 40.4 Å². The number of hydrogen-bond donors (Lipinski definition) is 1. The second-order valence-electron chi connectivity index (χ2n) is 7.72. The summed E-state index contributed by atoms with van der Waals surface area (Å²) in [5, 5.41) is 3.67. The van der Waals surface area contributed by atoms with Crippen molar-refractivity contribution in [3.8, 4) is 11.5 Å². The Balaban J connectivity index is 1.86. The molecule has 3 aromatic carbocycles. The van der Waals surface area contributed by atoms with Crippen molar-refractivity contribution in [1.29, 1.82) is 0 Å². The van der Waals surface area contributed by atoms with Crippen LogP contribution >= 0.6 is 11.6 Å². The van der Waals surface area contributed by atoms with E-state index in [2.05, 4.69) is 5.32 Å². The lowest BCUT2D eigenvalue weighted by molar-refractivity contribution is -0.120. The van der Waals surface area contributed by atoms with Gasteiger partial charge in [-0.2, -0.15) is 0 Å². The van der Waals surface area contributed by atoms with Gasteiger partial charge in [0.05, 0.1) is 25.5 Å². The minimum Gasteiger partial charge on any atom is -0.497 e. The highest BCUT2D eigenvalue weighted by atomic mass is 35.5. The molecule has 0 atom stereocenters. The molecule has 33 heavy (non-hydrogen) atoms. The molecule has 1 heterocycles. The van der Waals surface area contributed by atoms with Crippen LogP contribution in [-0.4, -0.2) is 26.0 Å². The van der Waals surface area contributed by atoms with Gasteiger partial charge in [0.1, 0.15) is 17.2 Å². The summed E-state index contributed by atoms with van der Waals surface area (Å²) in [5.41, 5.74) is 4.13. The number of ether oxygens (including phenoxy) is 2. The highest BCUT2D eigenvalue weighted by Crippen LogP contribution is 2.36. The molecule has 0 fully saturated rings. The maximum atomic E-state index is 13.6.